The Labute approximate surface area is 247 Å². The lowest BCUT2D eigenvalue weighted by atomic mass is 9.81. The van der Waals surface area contributed by atoms with Gasteiger partial charge in [-0.25, -0.2) is 4.79 Å². The second-order valence-electron chi connectivity index (χ2n) is 12.1. The number of hydrogen-bond donors (Lipinski definition) is 1. The number of hydrogen-bond acceptors (Lipinski definition) is 7. The summed E-state index contributed by atoms with van der Waals surface area (Å²) in [6.45, 7) is 7.86. The Balaban J connectivity index is 1.16. The van der Waals surface area contributed by atoms with Gasteiger partial charge in [-0.15, -0.1) is 0 Å². The molecule has 3 fully saturated rings. The molecule has 3 heterocycles. The van der Waals surface area contributed by atoms with Crippen LogP contribution in [0.2, 0.25) is 0 Å². The molecule has 0 spiro atoms. The summed E-state index contributed by atoms with van der Waals surface area (Å²) in [5.41, 5.74) is 0. The molecule has 0 bridgehead atoms. The maximum absolute atomic E-state index is 12.9. The van der Waals surface area contributed by atoms with Crippen molar-refractivity contribution in [1.82, 2.24) is 14.6 Å². The first-order valence-electron chi connectivity index (χ1n) is 15.7. The number of aromatic nitrogens is 1. The van der Waals surface area contributed by atoms with Crippen molar-refractivity contribution < 1.29 is 23.6 Å². The zero-order valence-electron chi connectivity index (χ0n) is 24.5. The van der Waals surface area contributed by atoms with E-state index in [1.54, 1.807) is 4.90 Å². The molecule has 9 nitrogen and oxygen atoms in total. The summed E-state index contributed by atoms with van der Waals surface area (Å²) >= 11 is 1.54. The smallest absolute Gasteiger partial charge is 0.399 e. The van der Waals surface area contributed by atoms with Crippen molar-refractivity contribution in [2.75, 3.05) is 57.4 Å². The molecule has 2 aromatic rings. The Hall–Kier alpha value is -2.72. The van der Waals surface area contributed by atoms with E-state index in [0.29, 0.717) is 24.3 Å². The van der Waals surface area contributed by atoms with Crippen molar-refractivity contribution >= 4 is 45.3 Å². The van der Waals surface area contributed by atoms with Crippen LogP contribution in [0, 0.1) is 11.8 Å². The quantitative estimate of drug-likeness (QED) is 0.199. The highest BCUT2D eigenvalue weighted by molar-refractivity contribution is 7.13. The summed E-state index contributed by atoms with van der Waals surface area (Å²) in [7, 11) is 0. The number of fused-ring (bicyclic) bond motifs is 2. The lowest BCUT2D eigenvalue weighted by molar-refractivity contribution is -0.944. The Morgan fingerprint density at radius 1 is 1.02 bits per heavy atom. The van der Waals surface area contributed by atoms with Gasteiger partial charge in [0.2, 0.25) is 18.5 Å². The Kier molecular flexibility index (Phi) is 10.1. The Morgan fingerprint density at radius 3 is 2.49 bits per heavy atom. The maximum atomic E-state index is 12.9. The van der Waals surface area contributed by atoms with Gasteiger partial charge in [0, 0.05) is 18.5 Å². The molecule has 2 aliphatic heterocycles. The number of unbranched alkanes of at least 4 members (excludes halogenated alkanes) is 4. The summed E-state index contributed by atoms with van der Waals surface area (Å²) < 4.78 is 12.4. The first-order valence-corrected chi connectivity index (χ1v) is 16.5. The zero-order chi connectivity index (χ0) is 28.7. The number of quaternary nitrogens is 1. The Bertz CT molecular complexity index is 1170. The maximum Gasteiger partial charge on any atom is 0.411 e. The standard InChI is InChI=1S/C31H45N5O4S/c1-2-3-4-9-16-32-31(39)40-23-36(20-11-10-17-35-29(37)24-12-5-6-13-25(24)30(35)38)21-18-34(19-22-36)28-26-14-7-8-15-27(26)41-33-28/h7-8,14-15,24-25H,2-6,9-13,16-23H2,1H3/p+1. The summed E-state index contributed by atoms with van der Waals surface area (Å²) in [5, 5.41) is 4.11. The summed E-state index contributed by atoms with van der Waals surface area (Å²) in [5.74, 6) is 0.969. The molecule has 5 rings (SSSR count). The monoisotopic (exact) mass is 584 g/mol. The molecule has 41 heavy (non-hydrogen) atoms. The summed E-state index contributed by atoms with van der Waals surface area (Å²) in [4.78, 5) is 42.2. The highest BCUT2D eigenvalue weighted by atomic mass is 32.1. The molecule has 10 heteroatoms. The topological polar surface area (TPSA) is 91.8 Å². The lowest BCUT2D eigenvalue weighted by Gasteiger charge is -2.44. The van der Waals surface area contributed by atoms with Crippen molar-refractivity contribution in [3.63, 3.8) is 0 Å². The van der Waals surface area contributed by atoms with E-state index < -0.39 is 0 Å². The van der Waals surface area contributed by atoms with E-state index in [0.717, 1.165) is 89.9 Å². The number of anilines is 1. The SMILES string of the molecule is CCCCCCNC(=O)OC[N+]1(CCCCN2C(=O)C3CCCCC3C2=O)CCN(c2nsc3ccccc23)CC1. The number of carbonyl (C=O) groups excluding carboxylic acids is 3. The van der Waals surface area contributed by atoms with Gasteiger partial charge in [0.05, 0.1) is 49.3 Å². The molecule has 2 saturated heterocycles. The number of piperazine rings is 1. The highest BCUT2D eigenvalue weighted by Gasteiger charge is 2.47. The molecule has 1 aromatic heterocycles. The normalized spacial score (nSPS) is 22.3. The second kappa shape index (κ2) is 14.0. The number of carbonyl (C=O) groups is 3. The van der Waals surface area contributed by atoms with Gasteiger partial charge < -0.3 is 15.0 Å². The number of rotatable bonds is 13. The number of ether oxygens (including phenoxy) is 1. The van der Waals surface area contributed by atoms with Gasteiger partial charge in [-0.05, 0) is 55.8 Å². The molecular formula is C31H46N5O4S+. The molecule has 3 amide bonds. The van der Waals surface area contributed by atoms with Crippen LogP contribution in [0.1, 0.15) is 71.1 Å². The fourth-order valence-electron chi connectivity index (χ4n) is 6.78. The first-order chi connectivity index (χ1) is 20.0. The minimum atomic E-state index is -0.345. The number of nitrogens with one attached hydrogen (secondary N) is 1. The predicted octanol–water partition coefficient (Wildman–Crippen LogP) is 5.15. The number of likely N-dealkylation sites (tertiary alicyclic amines) is 1. The molecular weight excluding hydrogens is 538 g/mol. The number of amides is 3. The predicted molar refractivity (Wildman–Crippen MR) is 162 cm³/mol. The van der Waals surface area contributed by atoms with Gasteiger partial charge in [0.25, 0.3) is 0 Å². The van der Waals surface area contributed by atoms with E-state index in [1.165, 1.54) is 34.5 Å². The van der Waals surface area contributed by atoms with Crippen LogP contribution in [-0.2, 0) is 14.3 Å². The van der Waals surface area contributed by atoms with E-state index in [9.17, 15) is 14.4 Å². The van der Waals surface area contributed by atoms with Crippen molar-refractivity contribution in [2.45, 2.75) is 71.1 Å². The summed E-state index contributed by atoms with van der Waals surface area (Å²) in [6.07, 6.45) is 9.54. The Morgan fingerprint density at radius 2 is 1.76 bits per heavy atom. The molecule has 2 unspecified atom stereocenters. The molecule has 1 aliphatic carbocycles. The van der Waals surface area contributed by atoms with Crippen molar-refractivity contribution in [3.05, 3.63) is 24.3 Å². The molecule has 0 radical (unpaired) electrons. The van der Waals surface area contributed by atoms with Crippen molar-refractivity contribution in [1.29, 1.82) is 0 Å². The third-order valence-corrected chi connectivity index (χ3v) is 10.1. The van der Waals surface area contributed by atoms with Gasteiger partial charge in [-0.1, -0.05) is 51.2 Å². The fraction of sp³-hybridized carbons (Fsp3) is 0.677. The van der Waals surface area contributed by atoms with Crippen LogP contribution in [0.5, 0.6) is 0 Å². The molecule has 1 N–H and O–H groups in total. The number of benzene rings is 1. The van der Waals surface area contributed by atoms with Gasteiger partial charge in [-0.2, -0.15) is 4.37 Å². The van der Waals surface area contributed by atoms with E-state index in [2.05, 4.69) is 35.3 Å². The summed E-state index contributed by atoms with van der Waals surface area (Å²) in [6, 6.07) is 8.35. The van der Waals surface area contributed by atoms with Crippen LogP contribution >= 0.6 is 11.5 Å². The van der Waals surface area contributed by atoms with Crippen LogP contribution in [0.3, 0.4) is 0 Å². The van der Waals surface area contributed by atoms with Gasteiger partial charge >= 0.3 is 6.09 Å². The van der Waals surface area contributed by atoms with E-state index in [1.807, 2.05) is 6.07 Å². The first kappa shape index (κ1) is 29.8. The third-order valence-electron chi connectivity index (χ3n) is 9.31. The average molecular weight is 585 g/mol. The van der Waals surface area contributed by atoms with Crippen LogP contribution < -0.4 is 10.2 Å². The number of imide groups is 1. The number of alkyl carbamates (subject to hydrolysis) is 1. The zero-order valence-corrected chi connectivity index (χ0v) is 25.3. The van der Waals surface area contributed by atoms with Crippen LogP contribution in [0.4, 0.5) is 10.6 Å². The van der Waals surface area contributed by atoms with Crippen LogP contribution in [-0.4, -0.2) is 84.2 Å². The van der Waals surface area contributed by atoms with Crippen LogP contribution in [0.15, 0.2) is 24.3 Å². The van der Waals surface area contributed by atoms with Gasteiger partial charge in [0.1, 0.15) is 0 Å². The highest BCUT2D eigenvalue weighted by Crippen LogP contribution is 2.38. The molecule has 2 atom stereocenters. The average Bonchev–Trinajstić information content (AvgIpc) is 3.53. The minimum absolute atomic E-state index is 0.0478. The second-order valence-corrected chi connectivity index (χ2v) is 12.9. The fourth-order valence-corrected chi connectivity index (χ4v) is 7.57. The van der Waals surface area contributed by atoms with Gasteiger partial charge in [0.15, 0.2) is 5.82 Å². The lowest BCUT2D eigenvalue weighted by Crippen LogP contribution is -2.61. The number of nitrogens with zero attached hydrogens (tertiary/aromatic N) is 4. The van der Waals surface area contributed by atoms with E-state index in [4.69, 9.17) is 9.11 Å². The van der Waals surface area contributed by atoms with E-state index >= 15 is 0 Å². The van der Waals surface area contributed by atoms with Crippen molar-refractivity contribution in [2.24, 2.45) is 11.8 Å². The van der Waals surface area contributed by atoms with E-state index in [-0.39, 0.29) is 29.7 Å². The minimum Gasteiger partial charge on any atom is -0.399 e. The largest absolute Gasteiger partial charge is 0.411 e. The molecule has 1 aromatic carbocycles. The third kappa shape index (κ3) is 7.02. The molecule has 224 valence electrons. The molecule has 3 aliphatic rings. The van der Waals surface area contributed by atoms with Crippen molar-refractivity contribution in [3.8, 4) is 0 Å². The molecule has 1 saturated carbocycles. The van der Waals surface area contributed by atoms with Crippen LogP contribution in [0.25, 0.3) is 10.1 Å². The van der Waals surface area contributed by atoms with Gasteiger partial charge in [-0.3, -0.25) is 19.0 Å².